The second-order valence-electron chi connectivity index (χ2n) is 3.73. The molecule has 1 aromatic rings. The van der Waals surface area contributed by atoms with Gasteiger partial charge in [-0.25, -0.2) is 8.42 Å². The molecule has 1 rings (SSSR count). The van der Waals surface area contributed by atoms with Crippen LogP contribution in [0.5, 0.6) is 0 Å². The number of methoxy groups -OCH3 is 1. The zero-order valence-electron chi connectivity index (χ0n) is 10.1. The Hall–Kier alpha value is -0.910. The zero-order valence-corrected chi connectivity index (χ0v) is 10.9. The first kappa shape index (κ1) is 14.2. The first-order valence-corrected chi connectivity index (χ1v) is 7.29. The van der Waals surface area contributed by atoms with Crippen LogP contribution in [0.1, 0.15) is 6.42 Å². The molecule has 0 aliphatic heterocycles. The molecule has 0 aliphatic carbocycles. The summed E-state index contributed by atoms with van der Waals surface area (Å²) < 4.78 is 28.6. The average molecular weight is 257 g/mol. The molecule has 1 N–H and O–H groups in total. The van der Waals surface area contributed by atoms with Gasteiger partial charge in [-0.05, 0) is 25.1 Å². The number of hydrogen-bond acceptors (Lipinski definition) is 4. The minimum Gasteiger partial charge on any atom is -0.385 e. The van der Waals surface area contributed by atoms with Crippen molar-refractivity contribution in [2.24, 2.45) is 0 Å². The molecule has 0 fully saturated rings. The fourth-order valence-electron chi connectivity index (χ4n) is 1.42. The molecule has 4 nitrogen and oxygen atoms in total. The quantitative estimate of drug-likeness (QED) is 0.708. The first-order chi connectivity index (χ1) is 8.17. The van der Waals surface area contributed by atoms with Gasteiger partial charge in [0, 0.05) is 20.3 Å². The molecule has 17 heavy (non-hydrogen) atoms. The highest BCUT2D eigenvalue weighted by atomic mass is 32.2. The predicted molar refractivity (Wildman–Crippen MR) is 67.9 cm³/mol. The van der Waals surface area contributed by atoms with Crippen LogP contribution < -0.4 is 5.32 Å². The minimum absolute atomic E-state index is 0.129. The van der Waals surface area contributed by atoms with Crippen LogP contribution in [0.4, 0.5) is 0 Å². The second-order valence-corrected chi connectivity index (χ2v) is 5.84. The standard InChI is InChI=1S/C12H19NO3S/c1-16-10-5-8-13-9-11-17(14,15)12-6-3-2-4-7-12/h2-4,6-7,13H,5,8-11H2,1H3. The molecule has 0 heterocycles. The van der Waals surface area contributed by atoms with E-state index in [1.54, 1.807) is 31.4 Å². The van der Waals surface area contributed by atoms with Crippen LogP contribution >= 0.6 is 0 Å². The summed E-state index contributed by atoms with van der Waals surface area (Å²) in [6, 6.07) is 8.53. The molecule has 0 unspecified atom stereocenters. The molecule has 0 aromatic heterocycles. The Kier molecular flexibility index (Phi) is 6.18. The molecular formula is C12H19NO3S. The number of nitrogens with one attached hydrogen (secondary N) is 1. The van der Waals surface area contributed by atoms with Crippen LogP contribution in [0.15, 0.2) is 35.2 Å². The zero-order chi connectivity index (χ0) is 12.6. The largest absolute Gasteiger partial charge is 0.385 e. The number of rotatable bonds is 8. The fourth-order valence-corrected chi connectivity index (χ4v) is 2.64. The van der Waals surface area contributed by atoms with Crippen LogP contribution in [-0.4, -0.2) is 41.0 Å². The van der Waals surface area contributed by atoms with Gasteiger partial charge in [-0.1, -0.05) is 18.2 Å². The van der Waals surface area contributed by atoms with Crippen LogP contribution in [0, 0.1) is 0 Å². The molecule has 0 saturated carbocycles. The third-order valence-corrected chi connectivity index (χ3v) is 4.08. The summed E-state index contributed by atoms with van der Waals surface area (Å²) in [7, 11) is -1.49. The summed E-state index contributed by atoms with van der Waals surface area (Å²) in [5, 5.41) is 3.09. The maximum absolute atomic E-state index is 11.9. The lowest BCUT2D eigenvalue weighted by Crippen LogP contribution is -2.24. The van der Waals surface area contributed by atoms with Crippen molar-refractivity contribution in [1.82, 2.24) is 5.32 Å². The van der Waals surface area contributed by atoms with E-state index in [0.717, 1.165) is 13.0 Å². The number of benzene rings is 1. The predicted octanol–water partition coefficient (Wildman–Crippen LogP) is 1.09. The lowest BCUT2D eigenvalue weighted by atomic mass is 10.4. The highest BCUT2D eigenvalue weighted by Crippen LogP contribution is 2.08. The monoisotopic (exact) mass is 257 g/mol. The van der Waals surface area contributed by atoms with Gasteiger partial charge in [0.1, 0.15) is 0 Å². The Morgan fingerprint density at radius 3 is 2.53 bits per heavy atom. The van der Waals surface area contributed by atoms with E-state index in [0.29, 0.717) is 18.0 Å². The van der Waals surface area contributed by atoms with Gasteiger partial charge in [0.25, 0.3) is 0 Å². The normalized spacial score (nSPS) is 11.6. The van der Waals surface area contributed by atoms with Crippen molar-refractivity contribution in [3.8, 4) is 0 Å². The highest BCUT2D eigenvalue weighted by molar-refractivity contribution is 7.91. The van der Waals surface area contributed by atoms with Crippen molar-refractivity contribution >= 4 is 9.84 Å². The number of hydrogen-bond donors (Lipinski definition) is 1. The summed E-state index contributed by atoms with van der Waals surface area (Å²) in [6.45, 7) is 1.94. The van der Waals surface area contributed by atoms with Crippen LogP contribution in [0.2, 0.25) is 0 Å². The van der Waals surface area contributed by atoms with Crippen molar-refractivity contribution < 1.29 is 13.2 Å². The topological polar surface area (TPSA) is 55.4 Å². The summed E-state index contributed by atoms with van der Waals surface area (Å²) in [5.41, 5.74) is 0. The third-order valence-electron chi connectivity index (χ3n) is 2.35. The lowest BCUT2D eigenvalue weighted by Gasteiger charge is -2.06. The maximum atomic E-state index is 11.9. The Bertz CT molecular complexity index is 403. The Labute approximate surface area is 103 Å². The number of sulfone groups is 1. The average Bonchev–Trinajstić information content (AvgIpc) is 2.35. The van der Waals surface area contributed by atoms with Gasteiger partial charge in [0.05, 0.1) is 10.6 Å². The van der Waals surface area contributed by atoms with Gasteiger partial charge < -0.3 is 10.1 Å². The molecule has 1 aromatic carbocycles. The van der Waals surface area contributed by atoms with Crippen molar-refractivity contribution in [3.05, 3.63) is 30.3 Å². The van der Waals surface area contributed by atoms with Crippen molar-refractivity contribution in [2.75, 3.05) is 32.6 Å². The first-order valence-electron chi connectivity index (χ1n) is 5.64. The van der Waals surface area contributed by atoms with E-state index >= 15 is 0 Å². The second kappa shape index (κ2) is 7.42. The van der Waals surface area contributed by atoms with Crippen molar-refractivity contribution in [2.45, 2.75) is 11.3 Å². The van der Waals surface area contributed by atoms with Crippen molar-refractivity contribution in [1.29, 1.82) is 0 Å². The van der Waals surface area contributed by atoms with Crippen molar-refractivity contribution in [3.63, 3.8) is 0 Å². The van der Waals surface area contributed by atoms with Gasteiger partial charge in [-0.15, -0.1) is 0 Å². The summed E-state index contributed by atoms with van der Waals surface area (Å²) in [4.78, 5) is 0.388. The molecule has 96 valence electrons. The van der Waals surface area contributed by atoms with Gasteiger partial charge in [-0.3, -0.25) is 0 Å². The van der Waals surface area contributed by atoms with Crippen LogP contribution in [0.3, 0.4) is 0 Å². The smallest absolute Gasteiger partial charge is 0.179 e. The van der Waals surface area contributed by atoms with E-state index in [9.17, 15) is 8.42 Å². The van der Waals surface area contributed by atoms with E-state index in [1.165, 1.54) is 0 Å². The van der Waals surface area contributed by atoms with Crippen LogP contribution in [-0.2, 0) is 14.6 Å². The van der Waals surface area contributed by atoms with Gasteiger partial charge in [0.2, 0.25) is 0 Å². The molecule has 0 radical (unpaired) electrons. The molecule has 0 aliphatic rings. The minimum atomic E-state index is -3.15. The molecular weight excluding hydrogens is 238 g/mol. The lowest BCUT2D eigenvalue weighted by molar-refractivity contribution is 0.194. The number of ether oxygens (including phenoxy) is 1. The van der Waals surface area contributed by atoms with E-state index in [4.69, 9.17) is 4.74 Å². The van der Waals surface area contributed by atoms with E-state index in [1.807, 2.05) is 6.07 Å². The summed E-state index contributed by atoms with van der Waals surface area (Å²) in [6.07, 6.45) is 0.891. The third kappa shape index (κ3) is 5.30. The fraction of sp³-hybridized carbons (Fsp3) is 0.500. The molecule has 0 bridgehead atoms. The van der Waals surface area contributed by atoms with Crippen LogP contribution in [0.25, 0.3) is 0 Å². The molecule has 0 saturated heterocycles. The molecule has 0 amide bonds. The van der Waals surface area contributed by atoms with Gasteiger partial charge >= 0.3 is 0 Å². The Balaban J connectivity index is 2.31. The Morgan fingerprint density at radius 2 is 1.88 bits per heavy atom. The summed E-state index contributed by atoms with van der Waals surface area (Å²) >= 11 is 0. The van der Waals surface area contributed by atoms with Gasteiger partial charge in [-0.2, -0.15) is 0 Å². The van der Waals surface area contributed by atoms with E-state index < -0.39 is 9.84 Å². The Morgan fingerprint density at radius 1 is 1.18 bits per heavy atom. The van der Waals surface area contributed by atoms with E-state index in [-0.39, 0.29) is 5.75 Å². The molecule has 5 heteroatoms. The SMILES string of the molecule is COCCCNCCS(=O)(=O)c1ccccc1. The molecule has 0 atom stereocenters. The summed E-state index contributed by atoms with van der Waals surface area (Å²) in [5.74, 6) is 0.129. The van der Waals surface area contributed by atoms with E-state index in [2.05, 4.69) is 5.32 Å². The van der Waals surface area contributed by atoms with Gasteiger partial charge in [0.15, 0.2) is 9.84 Å². The highest BCUT2D eigenvalue weighted by Gasteiger charge is 2.12. The molecule has 0 spiro atoms. The maximum Gasteiger partial charge on any atom is 0.179 e.